The van der Waals surface area contributed by atoms with Gasteiger partial charge in [-0.2, -0.15) is 0 Å². The van der Waals surface area contributed by atoms with Crippen LogP contribution in [0.3, 0.4) is 0 Å². The van der Waals surface area contributed by atoms with Gasteiger partial charge in [-0.25, -0.2) is 4.57 Å². The Balaban J connectivity index is 4.04. The summed E-state index contributed by atoms with van der Waals surface area (Å²) in [6.07, 6.45) is 46.8. The monoisotopic (exact) mass is 830 g/mol. The summed E-state index contributed by atoms with van der Waals surface area (Å²) < 4.78 is 32.8. The van der Waals surface area contributed by atoms with Crippen LogP contribution >= 0.6 is 7.82 Å². The van der Waals surface area contributed by atoms with Gasteiger partial charge < -0.3 is 20.1 Å². The summed E-state index contributed by atoms with van der Waals surface area (Å²) in [7, 11) is -4.38. The molecular formula is C47H92NO8P. The van der Waals surface area contributed by atoms with Gasteiger partial charge in [0.05, 0.1) is 13.2 Å². The summed E-state index contributed by atoms with van der Waals surface area (Å²) in [4.78, 5) is 34.9. The number of phosphoric ester groups is 1. The number of ether oxygens (including phenoxy) is 2. The first-order valence-electron chi connectivity index (χ1n) is 24.2. The highest BCUT2D eigenvalue weighted by Crippen LogP contribution is 2.43. The molecule has 57 heavy (non-hydrogen) atoms. The molecule has 0 fully saturated rings. The van der Waals surface area contributed by atoms with Crippen molar-refractivity contribution in [2.24, 2.45) is 5.73 Å². The fourth-order valence-electron chi connectivity index (χ4n) is 7.04. The zero-order valence-electron chi connectivity index (χ0n) is 37.3. The van der Waals surface area contributed by atoms with Crippen LogP contribution in [0.2, 0.25) is 0 Å². The smallest absolute Gasteiger partial charge is 0.462 e. The molecule has 0 amide bonds. The third kappa shape index (κ3) is 44.1. The maximum atomic E-state index is 12.6. The van der Waals surface area contributed by atoms with Gasteiger partial charge in [0.15, 0.2) is 6.10 Å². The molecule has 0 aliphatic heterocycles. The summed E-state index contributed by atoms with van der Waals surface area (Å²) in [5, 5.41) is 0. The van der Waals surface area contributed by atoms with Crippen molar-refractivity contribution in [3.63, 3.8) is 0 Å². The molecule has 0 saturated heterocycles. The maximum absolute atomic E-state index is 12.6. The van der Waals surface area contributed by atoms with Crippen molar-refractivity contribution >= 4 is 19.8 Å². The highest BCUT2D eigenvalue weighted by atomic mass is 31.2. The Morgan fingerprint density at radius 3 is 1.28 bits per heavy atom. The van der Waals surface area contributed by atoms with E-state index in [9.17, 15) is 19.0 Å². The van der Waals surface area contributed by atoms with E-state index in [1.165, 1.54) is 173 Å². The zero-order chi connectivity index (χ0) is 41.8. The van der Waals surface area contributed by atoms with Gasteiger partial charge in [0.1, 0.15) is 6.61 Å². The second kappa shape index (κ2) is 44.3. The van der Waals surface area contributed by atoms with Gasteiger partial charge in [0.25, 0.3) is 0 Å². The minimum absolute atomic E-state index is 0.0535. The molecule has 0 aromatic rings. The van der Waals surface area contributed by atoms with Crippen molar-refractivity contribution in [1.29, 1.82) is 0 Å². The van der Waals surface area contributed by atoms with Crippen LogP contribution in [0, 0.1) is 0 Å². The van der Waals surface area contributed by atoms with E-state index < -0.39 is 26.5 Å². The van der Waals surface area contributed by atoms with Crippen LogP contribution in [0.25, 0.3) is 0 Å². The van der Waals surface area contributed by atoms with E-state index >= 15 is 0 Å². The van der Waals surface area contributed by atoms with E-state index in [2.05, 4.69) is 26.0 Å². The number of hydrogen-bond donors (Lipinski definition) is 2. The molecule has 9 nitrogen and oxygen atoms in total. The van der Waals surface area contributed by atoms with Crippen molar-refractivity contribution in [3.8, 4) is 0 Å². The highest BCUT2D eigenvalue weighted by Gasteiger charge is 2.26. The lowest BCUT2D eigenvalue weighted by Gasteiger charge is -2.19. The van der Waals surface area contributed by atoms with Gasteiger partial charge >= 0.3 is 19.8 Å². The van der Waals surface area contributed by atoms with Crippen LogP contribution < -0.4 is 5.73 Å². The van der Waals surface area contributed by atoms with E-state index in [0.717, 1.165) is 38.5 Å². The molecule has 3 N–H and O–H groups in total. The third-order valence-electron chi connectivity index (χ3n) is 10.7. The van der Waals surface area contributed by atoms with E-state index in [0.29, 0.717) is 6.42 Å². The molecule has 0 spiro atoms. The summed E-state index contributed by atoms with van der Waals surface area (Å²) in [5.41, 5.74) is 5.36. The van der Waals surface area contributed by atoms with E-state index in [-0.39, 0.29) is 38.6 Å². The first kappa shape index (κ1) is 55.8. The predicted octanol–water partition coefficient (Wildman–Crippen LogP) is 14.2. The molecule has 0 radical (unpaired) electrons. The van der Waals surface area contributed by atoms with Gasteiger partial charge in [-0.05, 0) is 38.5 Å². The minimum Gasteiger partial charge on any atom is -0.462 e. The Hall–Kier alpha value is -1.25. The van der Waals surface area contributed by atoms with Gasteiger partial charge in [-0.1, -0.05) is 206 Å². The highest BCUT2D eigenvalue weighted by molar-refractivity contribution is 7.47. The average molecular weight is 830 g/mol. The predicted molar refractivity (Wildman–Crippen MR) is 238 cm³/mol. The summed E-state index contributed by atoms with van der Waals surface area (Å²) >= 11 is 0. The van der Waals surface area contributed by atoms with Crippen molar-refractivity contribution in [3.05, 3.63) is 12.2 Å². The van der Waals surface area contributed by atoms with E-state index in [1.54, 1.807) is 0 Å². The lowest BCUT2D eigenvalue weighted by atomic mass is 10.0. The quantitative estimate of drug-likeness (QED) is 0.0266. The number of nitrogens with two attached hydrogens (primary N) is 1. The zero-order valence-corrected chi connectivity index (χ0v) is 38.2. The summed E-state index contributed by atoms with van der Waals surface area (Å²) in [6, 6.07) is 0. The minimum atomic E-state index is -4.38. The molecule has 0 aromatic carbocycles. The lowest BCUT2D eigenvalue weighted by molar-refractivity contribution is -0.161. The summed E-state index contributed by atoms with van der Waals surface area (Å²) in [6.45, 7) is 3.75. The standard InChI is InChI=1S/C47H92NO8P/c1-3-5-7-9-11-13-15-17-19-20-21-22-23-24-26-27-29-31-33-35-37-39-46(49)53-43-45(44-55-57(51,52)54-42-41-48)56-47(50)40-38-36-34-32-30-28-25-18-16-14-12-10-8-6-4-2/h30,32,45H,3-29,31,33-44,48H2,1-2H3,(H,51,52)/b32-30+/t45-/m0/s1. The van der Waals surface area contributed by atoms with Crippen LogP contribution in [0.5, 0.6) is 0 Å². The first-order chi connectivity index (χ1) is 27.8. The Labute approximate surface area is 351 Å². The van der Waals surface area contributed by atoms with Crippen LogP contribution in [0.1, 0.15) is 245 Å². The van der Waals surface area contributed by atoms with E-state index in [4.69, 9.17) is 24.3 Å². The molecule has 0 bridgehead atoms. The van der Waals surface area contributed by atoms with Gasteiger partial charge in [0, 0.05) is 19.4 Å². The Bertz CT molecular complexity index is 948. The SMILES string of the molecule is CCCCCCCCCCC/C=C/CCCCC(=O)O[C@@H](COC(=O)CCCCCCCCCCCCCCCCCCCCCCC)COP(=O)(O)OCCN. The fraction of sp³-hybridized carbons (Fsp3) is 0.915. The largest absolute Gasteiger partial charge is 0.472 e. The number of esters is 2. The van der Waals surface area contributed by atoms with Crippen LogP contribution in [0.4, 0.5) is 0 Å². The second-order valence-corrected chi connectivity index (χ2v) is 17.8. The van der Waals surface area contributed by atoms with Crippen molar-refractivity contribution in [1.82, 2.24) is 0 Å². The normalized spacial score (nSPS) is 13.3. The van der Waals surface area contributed by atoms with Gasteiger partial charge in [-0.3, -0.25) is 18.6 Å². The Morgan fingerprint density at radius 2 is 0.860 bits per heavy atom. The second-order valence-electron chi connectivity index (χ2n) is 16.3. The molecule has 0 aliphatic rings. The van der Waals surface area contributed by atoms with Gasteiger partial charge in [0.2, 0.25) is 0 Å². The molecule has 0 saturated carbocycles. The number of unbranched alkanes of at least 4 members (excludes halogenated alkanes) is 31. The number of carbonyl (C=O) groups excluding carboxylic acids is 2. The number of allylic oxidation sites excluding steroid dienone is 2. The van der Waals surface area contributed by atoms with Crippen LogP contribution in [0.15, 0.2) is 12.2 Å². The number of rotatable bonds is 46. The fourth-order valence-corrected chi connectivity index (χ4v) is 7.81. The molecule has 0 aromatic heterocycles. The number of hydrogen-bond acceptors (Lipinski definition) is 8. The summed E-state index contributed by atoms with van der Waals surface area (Å²) in [5.74, 6) is -0.840. The Kier molecular flexibility index (Phi) is 43.3. The molecule has 10 heteroatoms. The number of phosphoric acid groups is 1. The number of carbonyl (C=O) groups is 2. The average Bonchev–Trinajstić information content (AvgIpc) is 3.20. The van der Waals surface area contributed by atoms with Gasteiger partial charge in [-0.15, -0.1) is 0 Å². The first-order valence-corrected chi connectivity index (χ1v) is 25.7. The van der Waals surface area contributed by atoms with Crippen LogP contribution in [-0.2, 0) is 32.7 Å². The molecular weight excluding hydrogens is 737 g/mol. The van der Waals surface area contributed by atoms with Crippen molar-refractivity contribution in [2.75, 3.05) is 26.4 Å². The molecule has 0 rings (SSSR count). The molecule has 338 valence electrons. The molecule has 2 atom stereocenters. The lowest BCUT2D eigenvalue weighted by Crippen LogP contribution is -2.29. The van der Waals surface area contributed by atoms with Crippen molar-refractivity contribution in [2.45, 2.75) is 251 Å². The maximum Gasteiger partial charge on any atom is 0.472 e. The van der Waals surface area contributed by atoms with Crippen molar-refractivity contribution < 1.29 is 37.6 Å². The molecule has 1 unspecified atom stereocenters. The van der Waals surface area contributed by atoms with Crippen LogP contribution in [-0.4, -0.2) is 49.3 Å². The Morgan fingerprint density at radius 1 is 0.509 bits per heavy atom. The van der Waals surface area contributed by atoms with E-state index in [1.807, 2.05) is 0 Å². The third-order valence-corrected chi connectivity index (χ3v) is 11.6. The molecule has 0 aliphatic carbocycles. The molecule has 0 heterocycles. The topological polar surface area (TPSA) is 134 Å².